The van der Waals surface area contributed by atoms with Gasteiger partial charge < -0.3 is 25.1 Å². The third kappa shape index (κ3) is 5.36. The highest BCUT2D eigenvalue weighted by molar-refractivity contribution is 5.78. The van der Waals surface area contributed by atoms with E-state index in [1.54, 1.807) is 20.8 Å². The van der Waals surface area contributed by atoms with Gasteiger partial charge in [-0.15, -0.1) is 0 Å². The van der Waals surface area contributed by atoms with E-state index in [4.69, 9.17) is 9.84 Å². The summed E-state index contributed by atoms with van der Waals surface area (Å²) in [5.74, 6) is -1.56. The van der Waals surface area contributed by atoms with Crippen LogP contribution in [-0.4, -0.2) is 35.4 Å². The van der Waals surface area contributed by atoms with E-state index in [0.29, 0.717) is 0 Å². The minimum Gasteiger partial charge on any atom is -0.548 e. The number of carbonyl (C=O) groups is 2. The lowest BCUT2D eigenvalue weighted by atomic mass is 10.2. The van der Waals surface area contributed by atoms with Crippen LogP contribution in [0.2, 0.25) is 0 Å². The third-order valence-corrected chi connectivity index (χ3v) is 1.16. The van der Waals surface area contributed by atoms with Crippen LogP contribution in [-0.2, 0) is 9.53 Å². The molecule has 6 nitrogen and oxygen atoms in total. The predicted octanol–water partition coefficient (Wildman–Crippen LogP) is -1.38. The monoisotopic (exact) mass is 204 g/mol. The Bertz CT molecular complexity index is 220. The van der Waals surface area contributed by atoms with Crippen molar-refractivity contribution >= 4 is 12.1 Å². The minimum atomic E-state index is -1.56. The number of hydrogen-bond acceptors (Lipinski definition) is 5. The van der Waals surface area contributed by atoms with Gasteiger partial charge in [0.15, 0.2) is 0 Å². The fraction of sp³-hybridized carbons (Fsp3) is 0.750. The zero-order valence-electron chi connectivity index (χ0n) is 8.36. The van der Waals surface area contributed by atoms with Crippen molar-refractivity contribution in [2.24, 2.45) is 0 Å². The number of nitrogens with one attached hydrogen (secondary N) is 1. The molecule has 0 spiro atoms. The molecular formula is C8H14NO5-. The highest BCUT2D eigenvalue weighted by Crippen LogP contribution is 2.06. The molecule has 6 heteroatoms. The average molecular weight is 204 g/mol. The highest BCUT2D eigenvalue weighted by atomic mass is 16.6. The Morgan fingerprint density at radius 1 is 1.50 bits per heavy atom. The van der Waals surface area contributed by atoms with Gasteiger partial charge in [-0.1, -0.05) is 0 Å². The second-order valence-corrected chi connectivity index (χ2v) is 3.70. The Labute approximate surface area is 81.9 Å². The molecule has 0 bridgehead atoms. The summed E-state index contributed by atoms with van der Waals surface area (Å²) < 4.78 is 4.77. The number of alkyl carbamates (subject to hydrolysis) is 1. The number of ether oxygens (including phenoxy) is 1. The number of rotatable bonds is 3. The van der Waals surface area contributed by atoms with E-state index in [1.807, 2.05) is 5.32 Å². The number of aliphatic carboxylic acids is 1. The van der Waals surface area contributed by atoms with Crippen LogP contribution in [0.3, 0.4) is 0 Å². The number of amides is 1. The maximum atomic E-state index is 11.0. The standard InChI is InChI=1S/C8H15NO5/c1-8(2,3)14-7(13)9-5(4-10)6(11)12/h5,10H,4H2,1-3H3,(H,9,13)(H,11,12)/p-1/t5-/m0/s1. The molecule has 0 rings (SSSR count). The van der Waals surface area contributed by atoms with E-state index in [9.17, 15) is 14.7 Å². The number of aliphatic hydroxyl groups is 1. The van der Waals surface area contributed by atoms with Crippen LogP contribution in [0.4, 0.5) is 4.79 Å². The molecule has 14 heavy (non-hydrogen) atoms. The van der Waals surface area contributed by atoms with E-state index < -0.39 is 30.3 Å². The summed E-state index contributed by atoms with van der Waals surface area (Å²) in [4.78, 5) is 21.3. The number of aliphatic hydroxyl groups excluding tert-OH is 1. The minimum absolute atomic E-state index is 0.712. The lowest BCUT2D eigenvalue weighted by Crippen LogP contribution is -2.51. The largest absolute Gasteiger partial charge is 0.548 e. The van der Waals surface area contributed by atoms with Crippen LogP contribution >= 0.6 is 0 Å². The lowest BCUT2D eigenvalue weighted by molar-refractivity contribution is -0.309. The van der Waals surface area contributed by atoms with Gasteiger partial charge in [-0.05, 0) is 20.8 Å². The molecule has 0 aromatic rings. The van der Waals surface area contributed by atoms with Crippen LogP contribution < -0.4 is 10.4 Å². The van der Waals surface area contributed by atoms with E-state index in [1.165, 1.54) is 0 Å². The van der Waals surface area contributed by atoms with Gasteiger partial charge in [0.05, 0.1) is 18.6 Å². The van der Waals surface area contributed by atoms with Crippen molar-refractivity contribution in [2.45, 2.75) is 32.4 Å². The van der Waals surface area contributed by atoms with Crippen molar-refractivity contribution in [1.29, 1.82) is 0 Å². The molecule has 1 amide bonds. The Balaban J connectivity index is 4.11. The molecule has 2 N–H and O–H groups in total. The van der Waals surface area contributed by atoms with Gasteiger partial charge in [0.2, 0.25) is 0 Å². The van der Waals surface area contributed by atoms with E-state index in [2.05, 4.69) is 0 Å². The smallest absolute Gasteiger partial charge is 0.408 e. The Kier molecular flexibility index (Phi) is 4.36. The summed E-state index contributed by atoms with van der Waals surface area (Å²) >= 11 is 0. The summed E-state index contributed by atoms with van der Waals surface area (Å²) in [5.41, 5.74) is -0.712. The summed E-state index contributed by atoms with van der Waals surface area (Å²) in [6.07, 6.45) is -0.902. The van der Waals surface area contributed by atoms with Crippen LogP contribution in [0.25, 0.3) is 0 Å². The first-order valence-electron chi connectivity index (χ1n) is 4.07. The molecule has 82 valence electrons. The number of carbonyl (C=O) groups excluding carboxylic acids is 2. The lowest BCUT2D eigenvalue weighted by Gasteiger charge is -2.23. The molecule has 0 saturated carbocycles. The zero-order valence-corrected chi connectivity index (χ0v) is 8.36. The van der Waals surface area contributed by atoms with E-state index in [0.717, 1.165) is 0 Å². The van der Waals surface area contributed by atoms with Crippen LogP contribution in [0.1, 0.15) is 20.8 Å². The van der Waals surface area contributed by atoms with Gasteiger partial charge in [0.1, 0.15) is 5.60 Å². The van der Waals surface area contributed by atoms with Gasteiger partial charge in [0.25, 0.3) is 0 Å². The first kappa shape index (κ1) is 12.7. The summed E-state index contributed by atoms with van der Waals surface area (Å²) in [7, 11) is 0. The van der Waals surface area contributed by atoms with Crippen molar-refractivity contribution in [3.05, 3.63) is 0 Å². The maximum absolute atomic E-state index is 11.0. The first-order chi connectivity index (χ1) is 6.26. The van der Waals surface area contributed by atoms with Gasteiger partial charge in [0, 0.05) is 0 Å². The predicted molar refractivity (Wildman–Crippen MR) is 45.3 cm³/mol. The molecule has 0 heterocycles. The number of carboxylic acid groups (broad SMARTS) is 1. The second kappa shape index (κ2) is 4.80. The Morgan fingerprint density at radius 2 is 2.00 bits per heavy atom. The van der Waals surface area contributed by atoms with Crippen molar-refractivity contribution in [2.75, 3.05) is 6.61 Å². The van der Waals surface area contributed by atoms with Crippen LogP contribution in [0.5, 0.6) is 0 Å². The van der Waals surface area contributed by atoms with Gasteiger partial charge >= 0.3 is 6.09 Å². The van der Waals surface area contributed by atoms with Crippen molar-refractivity contribution in [3.63, 3.8) is 0 Å². The molecule has 0 aromatic carbocycles. The molecule has 1 atom stereocenters. The number of hydrogen-bond donors (Lipinski definition) is 2. The molecule has 0 unspecified atom stereocenters. The average Bonchev–Trinajstić information content (AvgIpc) is 1.96. The third-order valence-electron chi connectivity index (χ3n) is 1.16. The SMILES string of the molecule is CC(C)(C)OC(=O)N[C@@H](CO)C(=O)[O-]. The molecule has 0 fully saturated rings. The van der Waals surface area contributed by atoms with Gasteiger partial charge in [-0.2, -0.15) is 0 Å². The Morgan fingerprint density at radius 3 is 2.29 bits per heavy atom. The number of carboxylic acids is 1. The highest BCUT2D eigenvalue weighted by Gasteiger charge is 2.19. The molecule has 0 radical (unpaired) electrons. The van der Waals surface area contributed by atoms with Crippen LogP contribution in [0.15, 0.2) is 0 Å². The summed E-state index contributed by atoms with van der Waals surface area (Å²) in [6, 6.07) is -1.44. The van der Waals surface area contributed by atoms with Gasteiger partial charge in [-0.25, -0.2) is 4.79 Å². The van der Waals surface area contributed by atoms with Crippen LogP contribution in [0, 0.1) is 0 Å². The summed E-state index contributed by atoms with van der Waals surface area (Å²) in [6.45, 7) is 4.18. The van der Waals surface area contributed by atoms with E-state index >= 15 is 0 Å². The summed E-state index contributed by atoms with van der Waals surface area (Å²) in [5, 5.41) is 20.8. The topological polar surface area (TPSA) is 98.7 Å². The fourth-order valence-corrected chi connectivity index (χ4v) is 0.629. The first-order valence-corrected chi connectivity index (χ1v) is 4.07. The maximum Gasteiger partial charge on any atom is 0.408 e. The van der Waals surface area contributed by atoms with Gasteiger partial charge in [-0.3, -0.25) is 0 Å². The molecule has 0 aliphatic heterocycles. The van der Waals surface area contributed by atoms with Crippen molar-refractivity contribution in [1.82, 2.24) is 5.32 Å². The Hall–Kier alpha value is -1.30. The molecule has 0 aliphatic carbocycles. The van der Waals surface area contributed by atoms with Crippen molar-refractivity contribution < 1.29 is 24.5 Å². The second-order valence-electron chi connectivity index (χ2n) is 3.70. The van der Waals surface area contributed by atoms with E-state index in [-0.39, 0.29) is 0 Å². The molecule has 0 aliphatic rings. The molecule has 0 saturated heterocycles. The zero-order chi connectivity index (χ0) is 11.4. The molecule has 0 aromatic heterocycles. The quantitative estimate of drug-likeness (QED) is 0.590. The fourth-order valence-electron chi connectivity index (χ4n) is 0.629. The van der Waals surface area contributed by atoms with Crippen molar-refractivity contribution in [3.8, 4) is 0 Å². The normalized spacial score (nSPS) is 13.1. The molecular weight excluding hydrogens is 190 g/mol.